The van der Waals surface area contributed by atoms with E-state index in [4.69, 9.17) is 16.0 Å². The highest BCUT2D eigenvalue weighted by atomic mass is 32.2. The third-order valence-corrected chi connectivity index (χ3v) is 22.1. The molecule has 2 aliphatic rings. The van der Waals surface area contributed by atoms with Gasteiger partial charge in [0.15, 0.2) is 0 Å². The van der Waals surface area contributed by atoms with Crippen LogP contribution in [-0.2, 0) is 5.41 Å². The van der Waals surface area contributed by atoms with Crippen LogP contribution in [0.25, 0.3) is 160 Å². The van der Waals surface area contributed by atoms with Crippen LogP contribution < -0.4 is 21.3 Å². The Kier molecular flexibility index (Phi) is 11.0. The summed E-state index contributed by atoms with van der Waals surface area (Å²) < 4.78 is 97.9. The van der Waals surface area contributed by atoms with Gasteiger partial charge in [-0.2, -0.15) is 0 Å². The lowest BCUT2D eigenvalue weighted by Crippen LogP contribution is -2.60. The zero-order valence-corrected chi connectivity index (χ0v) is 55.8. The largest absolute Gasteiger partial charge is 0.455 e. The van der Waals surface area contributed by atoms with Crippen LogP contribution in [0.15, 0.2) is 338 Å². The van der Waals surface area contributed by atoms with Crippen LogP contribution in [0, 0.1) is 0 Å². The Bertz CT molecular complexity index is 6930. The summed E-state index contributed by atoms with van der Waals surface area (Å²) in [5.74, 6) is 0. The van der Waals surface area contributed by atoms with Gasteiger partial charge in [-0.1, -0.05) is 274 Å². The molecule has 0 radical (unpaired) electrons. The Hall–Kier alpha value is -12.3. The van der Waals surface area contributed by atoms with Gasteiger partial charge in [-0.3, -0.25) is 0 Å². The Morgan fingerprint density at radius 1 is 0.356 bits per heavy atom. The summed E-state index contributed by atoms with van der Waals surface area (Å²) in [6.45, 7) is 6.25. The smallest absolute Gasteiger partial charge is 0.249 e. The molecule has 0 fully saturated rings. The van der Waals surface area contributed by atoms with Crippen molar-refractivity contribution in [1.29, 1.82) is 0 Å². The monoisotopic (exact) mass is 1320 g/mol. The molecule has 4 aromatic heterocycles. The summed E-state index contributed by atoms with van der Waals surface area (Å²) in [4.78, 5) is 4.51. The van der Waals surface area contributed by atoms with Crippen molar-refractivity contribution < 1.29 is 24.2 Å². The number of nitrogens with zero attached hydrogens (tertiary/aromatic N) is 2. The molecule has 0 atom stereocenters. The topological polar surface area (TPSA) is 47.6 Å². The molecule has 0 amide bonds. The fraction of sp³-hybridized carbons (Fsp3) is 0.0426. The number of hydrogen-bond acceptors (Lipinski definition) is 5. The molecule has 7 heteroatoms. The van der Waals surface area contributed by atoms with Crippen molar-refractivity contribution in [1.82, 2.24) is 4.57 Å². The number of anilines is 3. The van der Waals surface area contributed by atoms with E-state index in [9.17, 15) is 8.22 Å². The molecule has 101 heavy (non-hydrogen) atoms. The van der Waals surface area contributed by atoms with Crippen LogP contribution in [0.1, 0.15) is 37.3 Å². The zero-order chi connectivity index (χ0) is 73.7. The maximum absolute atomic E-state index is 9.81. The molecular weight excluding hydrogens is 1250 g/mol. The summed E-state index contributed by atoms with van der Waals surface area (Å²) in [5.41, 5.74) is 22.8. The first-order valence-corrected chi connectivity index (χ1v) is 35.0. The first-order valence-electron chi connectivity index (χ1n) is 38.1. The summed E-state index contributed by atoms with van der Waals surface area (Å²) in [7, 11) is 0. The Labute approximate surface area is 599 Å². The predicted octanol–water partition coefficient (Wildman–Crippen LogP) is 24.5. The minimum absolute atomic E-state index is 0.00158. The third kappa shape index (κ3) is 8.86. The highest BCUT2D eigenvalue weighted by Gasteiger charge is 2.44. The second-order valence-corrected chi connectivity index (χ2v) is 28.6. The Morgan fingerprint density at radius 2 is 0.822 bits per heavy atom. The molecule has 21 rings (SSSR count). The predicted molar refractivity (Wildman–Crippen MR) is 424 cm³/mol. The van der Waals surface area contributed by atoms with Crippen molar-refractivity contribution in [2.45, 2.75) is 36.0 Å². The fourth-order valence-electron chi connectivity index (χ4n) is 16.2. The van der Waals surface area contributed by atoms with Crippen LogP contribution >= 0.6 is 11.8 Å². The van der Waals surface area contributed by atoms with Gasteiger partial charge >= 0.3 is 0 Å². The molecule has 15 aromatic carbocycles. The first-order chi connectivity index (χ1) is 53.0. The van der Waals surface area contributed by atoms with Gasteiger partial charge in [0.1, 0.15) is 33.5 Å². The van der Waals surface area contributed by atoms with Crippen molar-refractivity contribution in [2.75, 3.05) is 4.90 Å². The van der Waals surface area contributed by atoms with Crippen molar-refractivity contribution in [2.24, 2.45) is 0 Å². The van der Waals surface area contributed by atoms with Crippen LogP contribution in [0.2, 0.25) is 0 Å². The molecule has 2 aliphatic heterocycles. The highest BCUT2D eigenvalue weighted by molar-refractivity contribution is 8.00. The van der Waals surface area contributed by atoms with Crippen LogP contribution in [0.5, 0.6) is 0 Å². The van der Waals surface area contributed by atoms with E-state index in [-0.39, 0.29) is 33.9 Å². The van der Waals surface area contributed by atoms with E-state index >= 15 is 0 Å². The second kappa shape index (κ2) is 22.1. The van der Waals surface area contributed by atoms with Crippen molar-refractivity contribution in [3.8, 4) is 72.4 Å². The van der Waals surface area contributed by atoms with E-state index in [1.807, 2.05) is 54.6 Å². The number of hydrogen-bond donors (Lipinski definition) is 0. The van der Waals surface area contributed by atoms with E-state index in [0.717, 1.165) is 181 Å². The van der Waals surface area contributed by atoms with Gasteiger partial charge in [-0.25, -0.2) is 0 Å². The summed E-state index contributed by atoms with van der Waals surface area (Å²) >= 11 is 1.77. The van der Waals surface area contributed by atoms with Crippen molar-refractivity contribution in [3.63, 3.8) is 0 Å². The average molecular weight is 1320 g/mol. The number of para-hydroxylation sites is 9. The maximum atomic E-state index is 9.81. The molecule has 0 N–H and O–H groups in total. The minimum atomic E-state index is -0.516. The number of benzene rings is 15. The molecule has 474 valence electrons. The molecule has 0 unspecified atom stereocenters. The number of furan rings is 3. The summed E-state index contributed by atoms with van der Waals surface area (Å²) in [6, 6.07) is 90.2. The second-order valence-electron chi connectivity index (χ2n) is 27.6. The lowest BCUT2D eigenvalue weighted by atomic mass is 9.34. The van der Waals surface area contributed by atoms with Gasteiger partial charge in [0.05, 0.1) is 27.7 Å². The molecule has 19 aromatic rings. The summed E-state index contributed by atoms with van der Waals surface area (Å²) in [5, 5.41) is 6.09. The SMILES string of the molecule is [2H]c1c([2H])c([2H])c2c(c1[2H])c1c([2H])c([2H])c([2H])c([2H])c1n2-c1ccc2c(c1)N(c1c(-c3ccccc3)cccc1-c1ccccc1)c1cc(C(C)(C)C)cc3c1B2c1cc(-c2cc(-c4cccc5c4oc4ccccc45)cc(-c4cccc5c4oc4ccccc45)c2)cc(-c2cccc4c2oc2ccccc24)c1S3. The Morgan fingerprint density at radius 3 is 1.38 bits per heavy atom. The van der Waals surface area contributed by atoms with Crippen LogP contribution in [0.4, 0.5) is 17.1 Å². The minimum Gasteiger partial charge on any atom is -0.455 e. The van der Waals surface area contributed by atoms with Gasteiger partial charge in [0, 0.05) is 97.8 Å². The highest BCUT2D eigenvalue weighted by Crippen LogP contribution is 2.53. The lowest BCUT2D eigenvalue weighted by Gasteiger charge is -2.43. The van der Waals surface area contributed by atoms with Gasteiger partial charge in [0.2, 0.25) is 6.71 Å². The lowest BCUT2D eigenvalue weighted by molar-refractivity contribution is 0.589. The van der Waals surface area contributed by atoms with E-state index in [0.29, 0.717) is 5.69 Å². The van der Waals surface area contributed by atoms with Gasteiger partial charge in [-0.05, 0) is 140 Å². The average Bonchev–Trinajstić information content (AvgIpc) is 1.54. The van der Waals surface area contributed by atoms with Gasteiger partial charge in [0.25, 0.3) is 0 Å². The molecule has 0 bridgehead atoms. The quantitative estimate of drug-likeness (QED) is 0.142. The molecule has 0 spiro atoms. The number of fused-ring (bicyclic) bond motifs is 16. The molecular formula is C94H61BN2O3S. The number of aromatic nitrogens is 1. The first kappa shape index (κ1) is 50.1. The molecule has 5 nitrogen and oxygen atoms in total. The standard InChI is InChI=1S/C94H61BN2O3S/c1-94(2,3)62-53-83-88-87(54-62)101-93-77(76-40-23-39-75-72-32-14-19-45-86(72)100-92(75)76)51-59(58-48-60(66-35-21-37-73-70-30-12-17-43-84(70)98-90(66)73)50-61(49-58)67-36-22-38-74-71-31-13-18-44-85(71)99-91(67)74)52-79(93)95(88)78-47-46-63(96-80-41-15-10-28-68(80)69-29-11-16-42-81(69)96)55-82(78)97(83)89-64(56-24-6-4-7-25-56)33-20-34-65(89)57-26-8-5-9-27-57/h4-55H,1-3H3/i10D,11D,15D,16D,28D,29D,41D,42D. The van der Waals surface area contributed by atoms with Crippen molar-refractivity contribution >= 4 is 140 Å². The fourth-order valence-corrected chi connectivity index (χ4v) is 17.5. The third-order valence-electron chi connectivity index (χ3n) is 20.8. The summed E-state index contributed by atoms with van der Waals surface area (Å²) in [6.07, 6.45) is 0. The van der Waals surface area contributed by atoms with E-state index in [2.05, 4.69) is 238 Å². The molecule has 0 saturated carbocycles. The van der Waals surface area contributed by atoms with Crippen LogP contribution in [0.3, 0.4) is 0 Å². The zero-order valence-electron chi connectivity index (χ0n) is 63.0. The molecule has 0 saturated heterocycles. The normalized spacial score (nSPS) is 13.9. The Balaban J connectivity index is 0.910. The maximum Gasteiger partial charge on any atom is 0.249 e. The van der Waals surface area contributed by atoms with E-state index in [1.165, 1.54) is 0 Å². The van der Waals surface area contributed by atoms with E-state index < -0.39 is 48.4 Å². The van der Waals surface area contributed by atoms with E-state index in [1.54, 1.807) is 16.3 Å². The van der Waals surface area contributed by atoms with Crippen LogP contribution in [-0.4, -0.2) is 11.3 Å². The van der Waals surface area contributed by atoms with Gasteiger partial charge in [-0.15, -0.1) is 0 Å². The van der Waals surface area contributed by atoms with Gasteiger partial charge < -0.3 is 22.7 Å². The van der Waals surface area contributed by atoms with Crippen molar-refractivity contribution in [3.05, 3.63) is 321 Å². The molecule has 6 heterocycles. The molecule has 0 aliphatic carbocycles. The number of rotatable bonds is 8.